The van der Waals surface area contributed by atoms with Gasteiger partial charge in [0, 0.05) is 6.42 Å². The third-order valence-electron chi connectivity index (χ3n) is 4.06. The molecule has 0 radical (unpaired) electrons. The molecule has 2 unspecified atom stereocenters. The second-order valence-electron chi connectivity index (χ2n) is 6.81. The quantitative estimate of drug-likeness (QED) is 0.290. The molecule has 24 heavy (non-hydrogen) atoms. The summed E-state index contributed by atoms with van der Waals surface area (Å²) in [6.45, 7) is 8.97. The van der Waals surface area contributed by atoms with Gasteiger partial charge in [-0.3, -0.25) is 9.05 Å². The first-order chi connectivity index (χ1) is 10.6. The van der Waals surface area contributed by atoms with E-state index in [1.54, 1.807) is 13.8 Å². The monoisotopic (exact) mass is 378 g/mol. The van der Waals surface area contributed by atoms with Crippen LogP contribution in [-0.2, 0) is 13.6 Å². The molecule has 0 bridgehead atoms. The van der Waals surface area contributed by atoms with E-state index in [0.29, 0.717) is 0 Å². The average molecular weight is 378 g/mol. The van der Waals surface area contributed by atoms with Crippen molar-refractivity contribution in [2.45, 2.75) is 71.3 Å². The van der Waals surface area contributed by atoms with Crippen LogP contribution < -0.4 is 0 Å². The van der Waals surface area contributed by atoms with E-state index >= 15 is 0 Å². The lowest BCUT2D eigenvalue weighted by Gasteiger charge is -2.33. The Morgan fingerprint density at radius 2 is 1.58 bits per heavy atom. The van der Waals surface area contributed by atoms with Gasteiger partial charge in [-0.05, 0) is 18.8 Å². The summed E-state index contributed by atoms with van der Waals surface area (Å²) in [7, 11) is -4.96. The smallest absolute Gasteiger partial charge is 0.302 e. The van der Waals surface area contributed by atoms with Gasteiger partial charge in [0.1, 0.15) is 6.61 Å². The Hall–Kier alpha value is -0.430. The van der Waals surface area contributed by atoms with E-state index in [2.05, 4.69) is 11.1 Å². The van der Waals surface area contributed by atoms with Gasteiger partial charge in [0.05, 0.1) is 5.60 Å². The van der Waals surface area contributed by atoms with Crippen LogP contribution in [-0.4, -0.2) is 28.9 Å². The molecule has 0 aromatic heterocycles. The molecule has 0 aliphatic rings. The molecule has 0 amide bonds. The van der Waals surface area contributed by atoms with E-state index in [9.17, 15) is 27.0 Å². The third kappa shape index (κ3) is 6.82. The van der Waals surface area contributed by atoms with E-state index < -0.39 is 43.7 Å². The highest BCUT2D eigenvalue weighted by molar-refractivity contribution is 7.47. The second-order valence-corrected chi connectivity index (χ2v) is 8.18. The maximum absolute atomic E-state index is 13.9. The van der Waals surface area contributed by atoms with Gasteiger partial charge >= 0.3 is 19.7 Å². The average Bonchev–Trinajstić information content (AvgIpc) is 2.43. The summed E-state index contributed by atoms with van der Waals surface area (Å²) in [5, 5.41) is 0. The van der Waals surface area contributed by atoms with E-state index in [1.807, 2.05) is 0 Å². The van der Waals surface area contributed by atoms with Crippen molar-refractivity contribution >= 4 is 7.82 Å². The number of halogens is 4. The van der Waals surface area contributed by atoms with Gasteiger partial charge < -0.3 is 4.89 Å². The minimum absolute atomic E-state index is 0.210. The lowest BCUT2D eigenvalue weighted by molar-refractivity contribution is -0.236. The summed E-state index contributed by atoms with van der Waals surface area (Å²) in [4.78, 5) is 9.51. The molecule has 0 aromatic rings. The van der Waals surface area contributed by atoms with Crippen LogP contribution in [0, 0.1) is 5.41 Å². The van der Waals surface area contributed by atoms with Crippen LogP contribution in [0.4, 0.5) is 17.6 Å². The Labute approximate surface area is 140 Å². The Morgan fingerprint density at radius 1 is 1.08 bits per heavy atom. The lowest BCUT2D eigenvalue weighted by atomic mass is 9.82. The molecule has 0 heterocycles. The molecule has 4 nitrogen and oxygen atoms in total. The standard InChI is InChI=1S/C15H27F4O4P/c1-7-12(4,5)10-14(16,17)15(18,19)11-22-24(20,21)23-13(6,8-2)9-3/h8H,2,7,9-11H2,1,3-6H3,(H,20,21). The normalized spacial score (nSPS) is 18.8. The fraction of sp³-hybridized carbons (Fsp3) is 0.867. The van der Waals surface area contributed by atoms with Gasteiger partial charge in [0.25, 0.3) is 0 Å². The third-order valence-corrected chi connectivity index (χ3v) is 5.16. The first kappa shape index (κ1) is 23.6. The van der Waals surface area contributed by atoms with E-state index in [-0.39, 0.29) is 12.8 Å². The number of hydrogen-bond acceptors (Lipinski definition) is 3. The van der Waals surface area contributed by atoms with Crippen LogP contribution in [0.2, 0.25) is 0 Å². The molecular formula is C15H27F4O4P. The molecule has 0 saturated heterocycles. The van der Waals surface area contributed by atoms with Crippen LogP contribution in [0.5, 0.6) is 0 Å². The summed E-state index contributed by atoms with van der Waals surface area (Å²) < 4.78 is 76.0. The molecule has 144 valence electrons. The molecule has 0 fully saturated rings. The minimum atomic E-state index is -4.96. The second kappa shape index (κ2) is 7.85. The van der Waals surface area contributed by atoms with Gasteiger partial charge in [0.15, 0.2) is 0 Å². The lowest BCUT2D eigenvalue weighted by Crippen LogP contribution is -2.46. The Balaban J connectivity index is 5.05. The van der Waals surface area contributed by atoms with Gasteiger partial charge in [0.2, 0.25) is 0 Å². The number of rotatable bonds is 11. The molecule has 0 saturated carbocycles. The van der Waals surface area contributed by atoms with Crippen molar-refractivity contribution in [1.29, 1.82) is 0 Å². The Kier molecular flexibility index (Phi) is 7.71. The first-order valence-corrected chi connectivity index (χ1v) is 9.12. The molecular weight excluding hydrogens is 351 g/mol. The number of hydrogen-bond donors (Lipinski definition) is 1. The molecule has 0 rings (SSSR count). The maximum atomic E-state index is 13.9. The van der Waals surface area contributed by atoms with Crippen molar-refractivity contribution in [2.75, 3.05) is 6.61 Å². The summed E-state index contributed by atoms with van der Waals surface area (Å²) in [5.74, 6) is -9.00. The SMILES string of the molecule is C=CC(C)(CC)OP(=O)(O)OCC(F)(F)C(F)(F)CC(C)(C)CC. The van der Waals surface area contributed by atoms with Crippen LogP contribution in [0.3, 0.4) is 0 Å². The van der Waals surface area contributed by atoms with Crippen molar-refractivity contribution in [2.24, 2.45) is 5.41 Å². The van der Waals surface area contributed by atoms with Crippen LogP contribution in [0.25, 0.3) is 0 Å². The van der Waals surface area contributed by atoms with Gasteiger partial charge in [-0.2, -0.15) is 17.6 Å². The summed E-state index contributed by atoms with van der Waals surface area (Å²) in [6, 6.07) is 0. The van der Waals surface area contributed by atoms with Gasteiger partial charge in [-0.15, -0.1) is 6.58 Å². The van der Waals surface area contributed by atoms with E-state index in [0.717, 1.165) is 0 Å². The Bertz CT molecular complexity index is 482. The van der Waals surface area contributed by atoms with Crippen LogP contribution in [0.15, 0.2) is 12.7 Å². The molecule has 2 atom stereocenters. The van der Waals surface area contributed by atoms with Gasteiger partial charge in [-0.1, -0.05) is 40.2 Å². The number of alkyl halides is 4. The molecule has 0 aromatic carbocycles. The number of phosphoric acid groups is 1. The molecule has 0 aliphatic carbocycles. The number of phosphoric ester groups is 1. The van der Waals surface area contributed by atoms with Crippen molar-refractivity contribution in [1.82, 2.24) is 0 Å². The van der Waals surface area contributed by atoms with E-state index in [1.165, 1.54) is 26.8 Å². The topological polar surface area (TPSA) is 55.8 Å². The highest BCUT2D eigenvalue weighted by Gasteiger charge is 2.58. The first-order valence-electron chi connectivity index (χ1n) is 7.63. The van der Waals surface area contributed by atoms with Crippen molar-refractivity contribution in [3.63, 3.8) is 0 Å². The Morgan fingerprint density at radius 3 is 1.96 bits per heavy atom. The predicted octanol–water partition coefficient (Wildman–Crippen LogP) is 5.57. The van der Waals surface area contributed by atoms with E-state index in [4.69, 9.17) is 4.52 Å². The van der Waals surface area contributed by atoms with Crippen molar-refractivity contribution in [3.8, 4) is 0 Å². The highest BCUT2D eigenvalue weighted by atomic mass is 31.2. The largest absolute Gasteiger partial charge is 0.473 e. The highest BCUT2D eigenvalue weighted by Crippen LogP contribution is 2.51. The maximum Gasteiger partial charge on any atom is 0.473 e. The summed E-state index contributed by atoms with van der Waals surface area (Å²) in [6.07, 6.45) is 0.607. The fourth-order valence-corrected chi connectivity index (χ4v) is 2.77. The minimum Gasteiger partial charge on any atom is -0.302 e. The molecule has 1 N–H and O–H groups in total. The van der Waals surface area contributed by atoms with Gasteiger partial charge in [-0.25, -0.2) is 4.57 Å². The van der Waals surface area contributed by atoms with Crippen LogP contribution >= 0.6 is 7.82 Å². The van der Waals surface area contributed by atoms with Crippen LogP contribution in [0.1, 0.15) is 53.9 Å². The zero-order valence-corrected chi connectivity index (χ0v) is 15.6. The van der Waals surface area contributed by atoms with Crippen molar-refractivity contribution in [3.05, 3.63) is 12.7 Å². The fourth-order valence-electron chi connectivity index (χ4n) is 1.66. The molecule has 0 aliphatic heterocycles. The predicted molar refractivity (Wildman–Crippen MR) is 84.3 cm³/mol. The zero-order chi connectivity index (χ0) is 19.4. The zero-order valence-electron chi connectivity index (χ0n) is 14.7. The summed E-state index contributed by atoms with van der Waals surface area (Å²) >= 11 is 0. The van der Waals surface area contributed by atoms with Crippen molar-refractivity contribution < 1.29 is 36.1 Å². The summed E-state index contributed by atoms with van der Waals surface area (Å²) in [5.41, 5.74) is -2.32. The molecule has 9 heteroatoms. The molecule has 0 spiro atoms.